The van der Waals surface area contributed by atoms with Gasteiger partial charge in [0.1, 0.15) is 18.0 Å². The predicted octanol–water partition coefficient (Wildman–Crippen LogP) is 0.835. The van der Waals surface area contributed by atoms with Gasteiger partial charge in [-0.05, 0) is 18.9 Å². The fraction of sp³-hybridized carbons (Fsp3) is 0.296. The Morgan fingerprint density at radius 3 is 2.33 bits per heavy atom. The molecule has 1 fully saturated rings. The minimum atomic E-state index is -2.56. The van der Waals surface area contributed by atoms with E-state index in [-0.39, 0.29) is 16.9 Å². The first-order valence-corrected chi connectivity index (χ1v) is 11.4. The summed E-state index contributed by atoms with van der Waals surface area (Å²) in [5, 5.41) is 34.8. The highest BCUT2D eigenvalue weighted by Crippen LogP contribution is 2.44. The van der Waals surface area contributed by atoms with Gasteiger partial charge in [-0.1, -0.05) is 72.8 Å². The summed E-state index contributed by atoms with van der Waals surface area (Å²) in [5.74, 6) is -3.19. The molecule has 4 N–H and O–H groups in total. The first kappa shape index (κ1) is 25.5. The van der Waals surface area contributed by atoms with Crippen molar-refractivity contribution < 1.29 is 39.2 Å². The largest absolute Gasteiger partial charge is 0.467 e. The highest BCUT2D eigenvalue weighted by Gasteiger charge is 2.74. The Labute approximate surface area is 207 Å². The molecule has 36 heavy (non-hydrogen) atoms. The van der Waals surface area contributed by atoms with E-state index in [0.29, 0.717) is 6.42 Å². The maximum Gasteiger partial charge on any atom is 0.278 e. The zero-order valence-corrected chi connectivity index (χ0v) is 19.8. The quantitative estimate of drug-likeness (QED) is 0.241. The van der Waals surface area contributed by atoms with Crippen LogP contribution in [0.5, 0.6) is 0 Å². The highest BCUT2D eigenvalue weighted by molar-refractivity contribution is 6.23. The number of aliphatic hydroxyl groups excluding tert-OH is 3. The first-order valence-electron chi connectivity index (χ1n) is 11.4. The van der Waals surface area contributed by atoms with Crippen LogP contribution in [0.4, 0.5) is 0 Å². The van der Waals surface area contributed by atoms with Crippen LogP contribution in [0.15, 0.2) is 84.1 Å². The summed E-state index contributed by atoms with van der Waals surface area (Å²) in [6.07, 6.45) is -1.78. The topological polar surface area (TPSA) is 142 Å². The number of hydrogen-bond donors (Lipinski definition) is 4. The molecule has 2 aromatic carbocycles. The molecule has 1 amide bonds. The highest BCUT2D eigenvalue weighted by atomic mass is 16.6. The van der Waals surface area contributed by atoms with Gasteiger partial charge in [-0.15, -0.1) is 0 Å². The van der Waals surface area contributed by atoms with E-state index in [4.69, 9.17) is 9.47 Å². The second-order valence-electron chi connectivity index (χ2n) is 8.70. The van der Waals surface area contributed by atoms with Gasteiger partial charge in [0.15, 0.2) is 6.10 Å². The van der Waals surface area contributed by atoms with E-state index in [1.165, 1.54) is 25.1 Å². The summed E-state index contributed by atoms with van der Waals surface area (Å²) in [4.78, 5) is 39.6. The Balaban J connectivity index is 1.58. The molecule has 9 nitrogen and oxygen atoms in total. The van der Waals surface area contributed by atoms with Crippen molar-refractivity contribution >= 4 is 17.5 Å². The molecular formula is C27H27NO8. The molecule has 0 radical (unpaired) electrons. The van der Waals surface area contributed by atoms with Crippen molar-refractivity contribution in [3.8, 4) is 0 Å². The number of carbonyl (C=O) groups is 3. The van der Waals surface area contributed by atoms with Crippen molar-refractivity contribution in [2.24, 2.45) is 0 Å². The molecule has 0 aliphatic carbocycles. The lowest BCUT2D eigenvalue weighted by molar-refractivity contribution is -0.163. The van der Waals surface area contributed by atoms with Crippen LogP contribution in [-0.4, -0.2) is 69.5 Å². The number of ether oxygens (including phenoxy) is 2. The standard InChI is InChI=1S/C27H27NO8/c1-16-21(20(30)19(29)15-9-12-17-10-5-3-6-11-17)36-26(22(16)31)24(33)27(35-2,28-25(26)34)23(32)18-13-7-4-8-14-18/h3-11,13-15,19-20,24,29-30,33H,12H2,1-2H3,(H,28,34)/b15-9+/t19-,20-,24+,26+,27+/m0/s1. The molecule has 0 unspecified atom stereocenters. The third kappa shape index (κ3) is 3.96. The van der Waals surface area contributed by atoms with E-state index < -0.39 is 47.1 Å². The Morgan fingerprint density at radius 1 is 1.11 bits per heavy atom. The molecular weight excluding hydrogens is 466 g/mol. The SMILES string of the molecule is CO[C@@]1(C(=O)c2ccccc2)NC(=O)[C@]2(OC([C@@H](O)[C@@H](O)/C=C/Cc3ccccc3)=C(C)C2=O)[C@H]1O. The number of amides is 1. The molecule has 2 aliphatic rings. The Bertz CT molecular complexity index is 1220. The van der Waals surface area contributed by atoms with Gasteiger partial charge in [0, 0.05) is 18.2 Å². The average Bonchev–Trinajstić information content (AvgIpc) is 3.30. The second kappa shape index (κ2) is 9.79. The lowest BCUT2D eigenvalue weighted by atomic mass is 9.85. The molecule has 1 saturated heterocycles. The molecule has 188 valence electrons. The van der Waals surface area contributed by atoms with Crippen LogP contribution in [-0.2, 0) is 25.5 Å². The number of benzene rings is 2. The summed E-state index contributed by atoms with van der Waals surface area (Å²) in [5.41, 5.74) is -3.91. The lowest BCUT2D eigenvalue weighted by Gasteiger charge is -2.32. The van der Waals surface area contributed by atoms with Crippen molar-refractivity contribution in [1.82, 2.24) is 5.32 Å². The first-order chi connectivity index (χ1) is 17.2. The molecule has 0 bridgehead atoms. The molecule has 9 heteroatoms. The van der Waals surface area contributed by atoms with E-state index in [1.54, 1.807) is 24.3 Å². The fourth-order valence-corrected chi connectivity index (χ4v) is 4.50. The van der Waals surface area contributed by atoms with Crippen LogP contribution < -0.4 is 5.32 Å². The summed E-state index contributed by atoms with van der Waals surface area (Å²) < 4.78 is 10.9. The fourth-order valence-electron chi connectivity index (χ4n) is 4.50. The van der Waals surface area contributed by atoms with E-state index in [2.05, 4.69) is 5.32 Å². The summed E-state index contributed by atoms with van der Waals surface area (Å²) >= 11 is 0. The number of Topliss-reactive ketones (excluding diaryl/α,β-unsaturated/α-hetero) is 2. The number of hydrogen-bond acceptors (Lipinski definition) is 8. The number of rotatable bonds is 8. The minimum absolute atomic E-state index is 0.130. The van der Waals surface area contributed by atoms with Gasteiger partial charge >= 0.3 is 0 Å². The molecule has 2 heterocycles. The Kier molecular flexibility index (Phi) is 6.92. The van der Waals surface area contributed by atoms with Crippen molar-refractivity contribution in [1.29, 1.82) is 0 Å². The van der Waals surface area contributed by atoms with Gasteiger partial charge in [0.2, 0.25) is 17.3 Å². The van der Waals surface area contributed by atoms with Crippen molar-refractivity contribution in [2.45, 2.75) is 43.0 Å². The van der Waals surface area contributed by atoms with Crippen molar-refractivity contribution in [2.75, 3.05) is 7.11 Å². The summed E-state index contributed by atoms with van der Waals surface area (Å²) in [6.45, 7) is 1.31. The van der Waals surface area contributed by atoms with E-state index in [0.717, 1.165) is 12.7 Å². The number of methoxy groups -OCH3 is 1. The van der Waals surface area contributed by atoms with Crippen LogP contribution in [0.25, 0.3) is 0 Å². The zero-order chi connectivity index (χ0) is 26.1. The Morgan fingerprint density at radius 2 is 1.72 bits per heavy atom. The van der Waals surface area contributed by atoms with Gasteiger partial charge in [-0.3, -0.25) is 14.4 Å². The van der Waals surface area contributed by atoms with Crippen molar-refractivity contribution in [3.05, 3.63) is 95.3 Å². The molecule has 2 aromatic rings. The average molecular weight is 494 g/mol. The molecule has 0 aromatic heterocycles. The number of aliphatic hydroxyl groups is 3. The normalized spacial score (nSPS) is 27.4. The van der Waals surface area contributed by atoms with E-state index in [1.807, 2.05) is 30.3 Å². The van der Waals surface area contributed by atoms with Crippen LogP contribution in [0.3, 0.4) is 0 Å². The van der Waals surface area contributed by atoms with Crippen LogP contribution in [0.1, 0.15) is 22.8 Å². The van der Waals surface area contributed by atoms with E-state index in [9.17, 15) is 29.7 Å². The zero-order valence-electron chi connectivity index (χ0n) is 19.8. The number of nitrogens with one attached hydrogen (secondary N) is 1. The molecule has 1 spiro atoms. The third-order valence-electron chi connectivity index (χ3n) is 6.54. The maximum absolute atomic E-state index is 13.3. The lowest BCUT2D eigenvalue weighted by Crippen LogP contribution is -2.60. The second-order valence-corrected chi connectivity index (χ2v) is 8.70. The monoisotopic (exact) mass is 493 g/mol. The molecule has 4 rings (SSSR count). The number of ketones is 2. The van der Waals surface area contributed by atoms with Crippen molar-refractivity contribution in [3.63, 3.8) is 0 Å². The Hall–Kier alpha value is -3.63. The maximum atomic E-state index is 13.3. The predicted molar refractivity (Wildman–Crippen MR) is 127 cm³/mol. The van der Waals surface area contributed by atoms with Gasteiger partial charge < -0.3 is 30.1 Å². The smallest absolute Gasteiger partial charge is 0.278 e. The van der Waals surface area contributed by atoms with Gasteiger partial charge in [-0.2, -0.15) is 0 Å². The van der Waals surface area contributed by atoms with Gasteiger partial charge in [-0.25, -0.2) is 0 Å². The van der Waals surface area contributed by atoms with Gasteiger partial charge in [0.25, 0.3) is 11.5 Å². The van der Waals surface area contributed by atoms with Crippen LogP contribution in [0.2, 0.25) is 0 Å². The minimum Gasteiger partial charge on any atom is -0.467 e. The van der Waals surface area contributed by atoms with E-state index >= 15 is 0 Å². The molecule has 5 atom stereocenters. The van der Waals surface area contributed by atoms with Gasteiger partial charge in [0.05, 0.1) is 0 Å². The van der Waals surface area contributed by atoms with Crippen LogP contribution >= 0.6 is 0 Å². The number of allylic oxidation sites excluding steroid dienone is 1. The van der Waals surface area contributed by atoms with Crippen LogP contribution in [0, 0.1) is 0 Å². The summed E-state index contributed by atoms with van der Waals surface area (Å²) in [6, 6.07) is 17.3. The third-order valence-corrected chi connectivity index (χ3v) is 6.54. The number of carbonyl (C=O) groups excluding carboxylic acids is 3. The summed E-state index contributed by atoms with van der Waals surface area (Å²) in [7, 11) is 1.11. The molecule has 2 aliphatic heterocycles. The molecule has 0 saturated carbocycles.